The van der Waals surface area contributed by atoms with Crippen LogP contribution in [0, 0.1) is 0 Å². The van der Waals surface area contributed by atoms with E-state index in [9.17, 15) is 13.2 Å². The van der Waals surface area contributed by atoms with Gasteiger partial charge in [0.15, 0.2) is 17.5 Å². The zero-order valence-corrected chi connectivity index (χ0v) is 20.0. The zero-order chi connectivity index (χ0) is 21.3. The van der Waals surface area contributed by atoms with Gasteiger partial charge in [-0.1, -0.05) is 12.1 Å². The minimum absolute atomic E-state index is 0. The van der Waals surface area contributed by atoms with E-state index in [0.29, 0.717) is 24.8 Å². The maximum atomic E-state index is 12.4. The summed E-state index contributed by atoms with van der Waals surface area (Å²) in [6, 6.07) is 5.74. The number of nitrogens with zero attached hydrogens (tertiary/aromatic N) is 2. The van der Waals surface area contributed by atoms with Gasteiger partial charge in [0, 0.05) is 32.2 Å². The Bertz CT molecular complexity index is 668. The Morgan fingerprint density at radius 1 is 1.23 bits per heavy atom. The first-order chi connectivity index (χ1) is 13.8. The predicted octanol–water partition coefficient (Wildman–Crippen LogP) is 3.79. The van der Waals surface area contributed by atoms with Gasteiger partial charge in [0.1, 0.15) is 0 Å². The van der Waals surface area contributed by atoms with Crippen molar-refractivity contribution >= 4 is 29.9 Å². The molecule has 1 fully saturated rings. The molecule has 0 heterocycles. The van der Waals surface area contributed by atoms with Gasteiger partial charge in [-0.2, -0.15) is 13.2 Å². The summed E-state index contributed by atoms with van der Waals surface area (Å²) in [5, 5.41) is 6.22. The standard InChI is InChI=1S/C20H31F3N4O2.HI/c1-24-19(25-11-12-27(2)14-20(21,22)23)26-13-15-7-6-10-17(28-3)18(15)29-16-8-4-5-9-16;/h6-7,10,16H,4-5,8-9,11-14H2,1-3H3,(H2,24,25,26);1H. The third-order valence-electron chi connectivity index (χ3n) is 4.77. The Morgan fingerprint density at radius 3 is 2.53 bits per heavy atom. The molecule has 0 bridgehead atoms. The van der Waals surface area contributed by atoms with Gasteiger partial charge >= 0.3 is 6.18 Å². The number of aliphatic imine (C=N–C) groups is 1. The summed E-state index contributed by atoms with van der Waals surface area (Å²) in [6.07, 6.45) is 0.432. The van der Waals surface area contributed by atoms with Crippen LogP contribution in [0.25, 0.3) is 0 Å². The van der Waals surface area contributed by atoms with Crippen molar-refractivity contribution in [3.8, 4) is 11.5 Å². The highest BCUT2D eigenvalue weighted by molar-refractivity contribution is 14.0. The van der Waals surface area contributed by atoms with E-state index in [2.05, 4.69) is 15.6 Å². The molecule has 0 atom stereocenters. The number of benzene rings is 1. The molecule has 6 nitrogen and oxygen atoms in total. The highest BCUT2D eigenvalue weighted by Gasteiger charge is 2.28. The monoisotopic (exact) mass is 544 g/mol. The summed E-state index contributed by atoms with van der Waals surface area (Å²) in [7, 11) is 4.68. The molecular weight excluding hydrogens is 512 g/mol. The molecule has 0 amide bonds. The molecule has 0 aliphatic heterocycles. The Labute approximate surface area is 193 Å². The lowest BCUT2D eigenvalue weighted by Gasteiger charge is -2.21. The molecule has 30 heavy (non-hydrogen) atoms. The lowest BCUT2D eigenvalue weighted by atomic mass is 10.1. The van der Waals surface area contributed by atoms with E-state index in [0.717, 1.165) is 24.2 Å². The van der Waals surface area contributed by atoms with Crippen LogP contribution in [-0.2, 0) is 6.54 Å². The quantitative estimate of drug-likeness (QED) is 0.282. The van der Waals surface area contributed by atoms with Gasteiger partial charge in [0.2, 0.25) is 0 Å². The largest absolute Gasteiger partial charge is 0.493 e. The third kappa shape index (κ3) is 9.15. The third-order valence-corrected chi connectivity index (χ3v) is 4.77. The van der Waals surface area contributed by atoms with E-state index >= 15 is 0 Å². The average Bonchev–Trinajstić information content (AvgIpc) is 3.17. The Kier molecular flexibility index (Phi) is 11.6. The number of alkyl halides is 3. The van der Waals surface area contributed by atoms with Crippen molar-refractivity contribution in [1.82, 2.24) is 15.5 Å². The number of hydrogen-bond acceptors (Lipinski definition) is 4. The summed E-state index contributed by atoms with van der Waals surface area (Å²) >= 11 is 0. The topological polar surface area (TPSA) is 58.1 Å². The molecule has 0 spiro atoms. The highest BCUT2D eigenvalue weighted by Crippen LogP contribution is 2.34. The lowest BCUT2D eigenvalue weighted by molar-refractivity contribution is -0.142. The van der Waals surface area contributed by atoms with Crippen LogP contribution in [0.4, 0.5) is 13.2 Å². The van der Waals surface area contributed by atoms with Gasteiger partial charge in [-0.3, -0.25) is 9.89 Å². The van der Waals surface area contributed by atoms with Crippen LogP contribution in [-0.4, -0.2) is 64.0 Å². The second kappa shape index (κ2) is 13.1. The van der Waals surface area contributed by atoms with Gasteiger partial charge in [-0.25, -0.2) is 0 Å². The molecule has 10 heteroatoms. The van der Waals surface area contributed by atoms with Crippen molar-refractivity contribution < 1.29 is 22.6 Å². The SMILES string of the molecule is CN=C(NCCN(C)CC(F)(F)F)NCc1cccc(OC)c1OC1CCCC1.I. The fourth-order valence-corrected chi connectivity index (χ4v) is 3.32. The summed E-state index contributed by atoms with van der Waals surface area (Å²) in [4.78, 5) is 5.35. The Hall–Kier alpha value is -1.43. The molecule has 0 saturated heterocycles. The van der Waals surface area contributed by atoms with Gasteiger partial charge in [-0.05, 0) is 38.8 Å². The molecule has 1 saturated carbocycles. The summed E-state index contributed by atoms with van der Waals surface area (Å²) < 4.78 is 48.9. The molecular formula is C20H32F3IN4O2. The molecule has 0 unspecified atom stereocenters. The number of guanidine groups is 1. The van der Waals surface area contributed by atoms with Crippen molar-refractivity contribution in [3.63, 3.8) is 0 Å². The summed E-state index contributed by atoms with van der Waals surface area (Å²) in [5.41, 5.74) is 0.938. The maximum Gasteiger partial charge on any atom is 0.401 e. The van der Waals surface area contributed by atoms with Crippen LogP contribution in [0.15, 0.2) is 23.2 Å². The van der Waals surface area contributed by atoms with E-state index in [1.807, 2.05) is 18.2 Å². The molecule has 0 radical (unpaired) electrons. The summed E-state index contributed by atoms with van der Waals surface area (Å²) in [5.74, 6) is 1.93. The molecule has 1 aromatic carbocycles. The van der Waals surface area contributed by atoms with Crippen LogP contribution in [0.3, 0.4) is 0 Å². The number of nitrogens with one attached hydrogen (secondary N) is 2. The Balaban J connectivity index is 0.00000450. The second-order valence-electron chi connectivity index (χ2n) is 7.18. The van der Waals surface area contributed by atoms with Crippen LogP contribution < -0.4 is 20.1 Å². The van der Waals surface area contributed by atoms with Crippen LogP contribution in [0.1, 0.15) is 31.2 Å². The fourth-order valence-electron chi connectivity index (χ4n) is 3.32. The van der Waals surface area contributed by atoms with Gasteiger partial charge in [0.05, 0.1) is 19.8 Å². The van der Waals surface area contributed by atoms with Gasteiger partial charge in [0.25, 0.3) is 0 Å². The molecule has 1 aromatic rings. The molecule has 2 rings (SSSR count). The normalized spacial score (nSPS) is 15.1. The average molecular weight is 544 g/mol. The number of methoxy groups -OCH3 is 1. The highest BCUT2D eigenvalue weighted by atomic mass is 127. The van der Waals surface area contributed by atoms with Crippen molar-refractivity contribution in [3.05, 3.63) is 23.8 Å². The number of hydrogen-bond donors (Lipinski definition) is 2. The van der Waals surface area contributed by atoms with E-state index < -0.39 is 12.7 Å². The van der Waals surface area contributed by atoms with Crippen molar-refractivity contribution in [2.24, 2.45) is 4.99 Å². The van der Waals surface area contributed by atoms with Crippen molar-refractivity contribution in [1.29, 1.82) is 0 Å². The van der Waals surface area contributed by atoms with Crippen molar-refractivity contribution in [2.75, 3.05) is 40.8 Å². The van der Waals surface area contributed by atoms with Crippen LogP contribution in [0.2, 0.25) is 0 Å². The predicted molar refractivity (Wildman–Crippen MR) is 123 cm³/mol. The van der Waals surface area contributed by atoms with E-state index in [-0.39, 0.29) is 36.6 Å². The van der Waals surface area contributed by atoms with E-state index in [4.69, 9.17) is 9.47 Å². The van der Waals surface area contributed by atoms with E-state index in [1.54, 1.807) is 14.2 Å². The number of halogens is 4. The number of para-hydroxylation sites is 1. The molecule has 172 valence electrons. The molecule has 0 aromatic heterocycles. The molecule has 2 N–H and O–H groups in total. The number of ether oxygens (including phenoxy) is 2. The minimum atomic E-state index is -4.20. The summed E-state index contributed by atoms with van der Waals surface area (Å²) in [6.45, 7) is 0.106. The van der Waals surface area contributed by atoms with E-state index in [1.165, 1.54) is 24.8 Å². The van der Waals surface area contributed by atoms with Crippen LogP contribution in [0.5, 0.6) is 11.5 Å². The first kappa shape index (κ1) is 26.6. The van der Waals surface area contributed by atoms with Crippen molar-refractivity contribution in [2.45, 2.75) is 44.5 Å². The number of likely N-dealkylation sites (N-methyl/N-ethyl adjacent to an activating group) is 1. The minimum Gasteiger partial charge on any atom is -0.493 e. The second-order valence-corrected chi connectivity index (χ2v) is 7.18. The maximum absolute atomic E-state index is 12.4. The smallest absolute Gasteiger partial charge is 0.401 e. The van der Waals surface area contributed by atoms with Gasteiger partial charge in [-0.15, -0.1) is 24.0 Å². The molecule has 1 aliphatic rings. The lowest BCUT2D eigenvalue weighted by Crippen LogP contribution is -2.42. The first-order valence-corrected chi connectivity index (χ1v) is 9.84. The molecule has 1 aliphatic carbocycles. The Morgan fingerprint density at radius 2 is 1.93 bits per heavy atom. The van der Waals surface area contributed by atoms with Crippen LogP contribution >= 0.6 is 24.0 Å². The zero-order valence-electron chi connectivity index (χ0n) is 17.7. The first-order valence-electron chi connectivity index (χ1n) is 9.84. The fraction of sp³-hybridized carbons (Fsp3) is 0.650. The number of rotatable bonds is 9. The van der Waals surface area contributed by atoms with Gasteiger partial charge < -0.3 is 20.1 Å².